The number of anilines is 2. The lowest BCUT2D eigenvalue weighted by Crippen LogP contribution is -2.40. The van der Waals surface area contributed by atoms with Gasteiger partial charge < -0.3 is 20.9 Å². The molecule has 1 aromatic heterocycles. The minimum absolute atomic E-state index is 0.0245. The van der Waals surface area contributed by atoms with E-state index in [0.29, 0.717) is 10.9 Å². The van der Waals surface area contributed by atoms with Crippen LogP contribution in [0, 0.1) is 13.8 Å². The number of nitrogens with zero attached hydrogens (tertiary/aromatic N) is 2. The molecule has 0 aliphatic heterocycles. The van der Waals surface area contributed by atoms with Gasteiger partial charge in [0.15, 0.2) is 6.23 Å². The number of hydrogen-bond acceptors (Lipinski definition) is 7. The maximum absolute atomic E-state index is 12.6. The number of rotatable bonds is 5. The zero-order chi connectivity index (χ0) is 22.9. The third kappa shape index (κ3) is 4.85. The van der Waals surface area contributed by atoms with Gasteiger partial charge in [-0.2, -0.15) is 18.2 Å². The van der Waals surface area contributed by atoms with Gasteiger partial charge in [0.05, 0.1) is 5.52 Å². The number of nitrogens with two attached hydrogens (primary N) is 1. The van der Waals surface area contributed by atoms with Gasteiger partial charge in [-0.25, -0.2) is 9.78 Å². The number of aryl methyl sites for hydroxylation is 2. The third-order valence-electron chi connectivity index (χ3n) is 4.67. The standard InChI is InChI=1S/C21H21F3N4O3/c1-10-5-4-6-11(2)16(10)13-7-8-14-15(9-13)26-20(25)28-17(14)27-18(12(3)29)31-19(30)21(22,23)24/h4-9,12,18,29H,1-3H3,(H3,25,26,27,28). The second-order valence-corrected chi connectivity index (χ2v) is 7.14. The van der Waals surface area contributed by atoms with Crippen molar-refractivity contribution in [1.29, 1.82) is 0 Å². The van der Waals surface area contributed by atoms with Crippen LogP contribution in [0.25, 0.3) is 22.0 Å². The highest BCUT2D eigenvalue weighted by molar-refractivity contribution is 5.93. The van der Waals surface area contributed by atoms with Gasteiger partial charge in [0, 0.05) is 5.39 Å². The predicted octanol–water partition coefficient (Wildman–Crippen LogP) is 3.72. The molecular formula is C21H21F3N4O3. The van der Waals surface area contributed by atoms with E-state index in [4.69, 9.17) is 5.73 Å². The summed E-state index contributed by atoms with van der Waals surface area (Å²) in [5, 5.41) is 12.8. The summed E-state index contributed by atoms with van der Waals surface area (Å²) in [6.07, 6.45) is -8.38. The molecule has 31 heavy (non-hydrogen) atoms. The highest BCUT2D eigenvalue weighted by Crippen LogP contribution is 2.32. The van der Waals surface area contributed by atoms with Gasteiger partial charge in [0.25, 0.3) is 0 Å². The highest BCUT2D eigenvalue weighted by Gasteiger charge is 2.43. The van der Waals surface area contributed by atoms with Crippen LogP contribution in [0.3, 0.4) is 0 Å². The summed E-state index contributed by atoms with van der Waals surface area (Å²) in [6.45, 7) is 5.14. The van der Waals surface area contributed by atoms with Crippen molar-refractivity contribution in [3.05, 3.63) is 47.5 Å². The monoisotopic (exact) mass is 434 g/mol. The van der Waals surface area contributed by atoms with Crippen molar-refractivity contribution in [2.24, 2.45) is 0 Å². The molecule has 7 nitrogen and oxygen atoms in total. The Hall–Kier alpha value is -3.40. The molecule has 0 fully saturated rings. The molecule has 164 valence electrons. The van der Waals surface area contributed by atoms with Crippen LogP contribution < -0.4 is 11.1 Å². The predicted molar refractivity (Wildman–Crippen MR) is 110 cm³/mol. The highest BCUT2D eigenvalue weighted by atomic mass is 19.4. The Balaban J connectivity index is 2.02. The van der Waals surface area contributed by atoms with E-state index in [1.54, 1.807) is 12.1 Å². The Bertz CT molecular complexity index is 1110. The minimum Gasteiger partial charge on any atom is -0.432 e. The summed E-state index contributed by atoms with van der Waals surface area (Å²) < 4.78 is 42.1. The first-order chi connectivity index (χ1) is 14.5. The normalized spacial score (nSPS) is 13.6. The number of ether oxygens (including phenoxy) is 1. The number of nitrogens with one attached hydrogen (secondary N) is 1. The molecule has 2 unspecified atom stereocenters. The second kappa shape index (κ2) is 8.38. The van der Waals surface area contributed by atoms with Crippen molar-refractivity contribution in [3.8, 4) is 11.1 Å². The molecule has 3 rings (SSSR count). The molecule has 0 aliphatic rings. The van der Waals surface area contributed by atoms with E-state index in [0.717, 1.165) is 22.3 Å². The fourth-order valence-electron chi connectivity index (χ4n) is 3.25. The van der Waals surface area contributed by atoms with E-state index in [1.807, 2.05) is 38.1 Å². The fourth-order valence-corrected chi connectivity index (χ4v) is 3.25. The number of esters is 1. The van der Waals surface area contributed by atoms with Crippen molar-refractivity contribution in [1.82, 2.24) is 9.97 Å². The van der Waals surface area contributed by atoms with Gasteiger partial charge in [0.2, 0.25) is 5.95 Å². The van der Waals surface area contributed by atoms with Gasteiger partial charge in [-0.15, -0.1) is 0 Å². The summed E-state index contributed by atoms with van der Waals surface area (Å²) >= 11 is 0. The van der Waals surface area contributed by atoms with Gasteiger partial charge in [-0.05, 0) is 55.2 Å². The van der Waals surface area contributed by atoms with Crippen LogP contribution in [0.5, 0.6) is 0 Å². The number of halogens is 3. The molecule has 0 amide bonds. The maximum Gasteiger partial charge on any atom is 0.491 e. The Morgan fingerprint density at radius 3 is 2.39 bits per heavy atom. The van der Waals surface area contributed by atoms with Crippen molar-refractivity contribution < 1.29 is 27.8 Å². The first-order valence-corrected chi connectivity index (χ1v) is 9.33. The number of alkyl halides is 3. The number of fused-ring (bicyclic) bond motifs is 1. The number of aliphatic hydroxyl groups excluding tert-OH is 1. The molecule has 10 heteroatoms. The first kappa shape index (κ1) is 22.3. The van der Waals surface area contributed by atoms with Crippen molar-refractivity contribution in [2.45, 2.75) is 39.3 Å². The Morgan fingerprint density at radius 2 is 1.81 bits per heavy atom. The lowest BCUT2D eigenvalue weighted by molar-refractivity contribution is -0.207. The van der Waals surface area contributed by atoms with E-state index in [2.05, 4.69) is 20.0 Å². The molecule has 4 N–H and O–H groups in total. The minimum atomic E-state index is -5.21. The smallest absolute Gasteiger partial charge is 0.432 e. The number of nitrogen functional groups attached to an aromatic ring is 1. The number of aliphatic hydroxyl groups is 1. The first-order valence-electron chi connectivity index (χ1n) is 9.33. The fraction of sp³-hybridized carbons (Fsp3) is 0.286. The van der Waals surface area contributed by atoms with Crippen LogP contribution in [-0.2, 0) is 9.53 Å². The molecule has 2 atom stereocenters. The number of hydrogen-bond donors (Lipinski definition) is 3. The summed E-state index contributed by atoms with van der Waals surface area (Å²) in [4.78, 5) is 19.4. The van der Waals surface area contributed by atoms with Crippen molar-refractivity contribution in [3.63, 3.8) is 0 Å². The number of aromatic nitrogens is 2. The lowest BCUT2D eigenvalue weighted by atomic mass is 9.95. The van der Waals surface area contributed by atoms with Crippen LogP contribution >= 0.6 is 0 Å². The SMILES string of the molecule is Cc1cccc(C)c1-c1ccc2c(NC(OC(=O)C(F)(F)F)C(C)O)nc(N)nc2c1. The van der Waals surface area contributed by atoms with Crippen LogP contribution in [0.2, 0.25) is 0 Å². The van der Waals surface area contributed by atoms with Crippen molar-refractivity contribution >= 4 is 28.6 Å². The molecule has 0 aliphatic carbocycles. The molecule has 3 aromatic rings. The Kier molecular flexibility index (Phi) is 6.03. The van der Waals surface area contributed by atoms with E-state index >= 15 is 0 Å². The molecule has 0 saturated carbocycles. The van der Waals surface area contributed by atoms with Gasteiger partial charge in [-0.1, -0.05) is 24.3 Å². The van der Waals surface area contributed by atoms with Crippen LogP contribution in [0.4, 0.5) is 24.9 Å². The molecule has 0 radical (unpaired) electrons. The molecule has 0 spiro atoms. The molecule has 1 heterocycles. The van der Waals surface area contributed by atoms with Crippen LogP contribution in [0.15, 0.2) is 36.4 Å². The molecule has 0 bridgehead atoms. The van der Waals surface area contributed by atoms with E-state index in [9.17, 15) is 23.1 Å². The van der Waals surface area contributed by atoms with E-state index in [-0.39, 0.29) is 11.8 Å². The number of carbonyl (C=O) groups excluding carboxylic acids is 1. The summed E-state index contributed by atoms with van der Waals surface area (Å²) in [5.41, 5.74) is 10.2. The van der Waals surface area contributed by atoms with E-state index < -0.39 is 24.5 Å². The second-order valence-electron chi connectivity index (χ2n) is 7.14. The maximum atomic E-state index is 12.6. The zero-order valence-electron chi connectivity index (χ0n) is 17.0. The van der Waals surface area contributed by atoms with Crippen LogP contribution in [0.1, 0.15) is 18.1 Å². The lowest BCUT2D eigenvalue weighted by Gasteiger charge is -2.23. The van der Waals surface area contributed by atoms with Gasteiger partial charge in [-0.3, -0.25) is 0 Å². The number of benzene rings is 2. The summed E-state index contributed by atoms with van der Waals surface area (Å²) in [7, 11) is 0. The summed E-state index contributed by atoms with van der Waals surface area (Å²) in [6, 6.07) is 11.2. The van der Waals surface area contributed by atoms with Gasteiger partial charge >= 0.3 is 12.1 Å². The summed E-state index contributed by atoms with van der Waals surface area (Å²) in [5.74, 6) is -2.55. The molecular weight excluding hydrogens is 413 g/mol. The zero-order valence-corrected chi connectivity index (χ0v) is 17.0. The third-order valence-corrected chi connectivity index (χ3v) is 4.67. The Morgan fingerprint density at radius 1 is 1.16 bits per heavy atom. The molecule has 0 saturated heterocycles. The van der Waals surface area contributed by atoms with Crippen LogP contribution in [-0.4, -0.2) is 39.6 Å². The molecule has 2 aromatic carbocycles. The quantitative estimate of drug-likeness (QED) is 0.415. The Labute approximate surface area is 176 Å². The van der Waals surface area contributed by atoms with Gasteiger partial charge in [0.1, 0.15) is 11.9 Å². The van der Waals surface area contributed by atoms with E-state index in [1.165, 1.54) is 6.92 Å². The largest absolute Gasteiger partial charge is 0.491 e. The van der Waals surface area contributed by atoms with Crippen molar-refractivity contribution in [2.75, 3.05) is 11.1 Å². The number of carbonyl (C=O) groups is 1. The average Bonchev–Trinajstić information content (AvgIpc) is 2.66. The average molecular weight is 434 g/mol. The topological polar surface area (TPSA) is 110 Å².